The molecule has 0 saturated carbocycles. The standard InChI is InChI=1S/C23H42O11/c1-5-7-12(8-6-2)11-29-21-16(27)15(26)18(13(9-24)30-21)32-22-17(28)20-19(14(10-25)31-22)33-23(3,4)34-20/h12-22,24-28H,5-11H2,1-4H3/t13-,14-,15-,16-,17-,18-,19+,20-,21-,22+/m1/s1. The quantitative estimate of drug-likeness (QED) is 0.256. The average molecular weight is 495 g/mol. The van der Waals surface area contributed by atoms with Crippen LogP contribution in [0.5, 0.6) is 0 Å². The number of aliphatic hydroxyl groups excluding tert-OH is 5. The van der Waals surface area contributed by atoms with Gasteiger partial charge in [0.1, 0.15) is 48.8 Å². The van der Waals surface area contributed by atoms with Crippen molar-refractivity contribution in [3.63, 3.8) is 0 Å². The lowest BCUT2D eigenvalue weighted by Crippen LogP contribution is -2.64. The lowest BCUT2D eigenvalue weighted by atomic mass is 9.96. The Morgan fingerprint density at radius 2 is 1.38 bits per heavy atom. The third kappa shape index (κ3) is 6.27. The van der Waals surface area contributed by atoms with Crippen molar-refractivity contribution < 1.29 is 54.0 Å². The smallest absolute Gasteiger partial charge is 0.187 e. The molecule has 11 heteroatoms. The van der Waals surface area contributed by atoms with Crippen LogP contribution in [0.15, 0.2) is 0 Å². The predicted molar refractivity (Wildman–Crippen MR) is 117 cm³/mol. The fraction of sp³-hybridized carbons (Fsp3) is 1.00. The summed E-state index contributed by atoms with van der Waals surface area (Å²) in [5.41, 5.74) is 0. The van der Waals surface area contributed by atoms with Gasteiger partial charge in [-0.05, 0) is 32.6 Å². The fourth-order valence-electron chi connectivity index (χ4n) is 4.99. The van der Waals surface area contributed by atoms with Crippen molar-refractivity contribution in [2.45, 2.75) is 121 Å². The third-order valence-corrected chi connectivity index (χ3v) is 6.64. The fourth-order valence-corrected chi connectivity index (χ4v) is 4.99. The molecule has 0 aromatic carbocycles. The Bertz CT molecular complexity index is 612. The Morgan fingerprint density at radius 3 is 1.97 bits per heavy atom. The highest BCUT2D eigenvalue weighted by Gasteiger charge is 2.56. The highest BCUT2D eigenvalue weighted by Crippen LogP contribution is 2.38. The molecule has 11 nitrogen and oxygen atoms in total. The van der Waals surface area contributed by atoms with Crippen LogP contribution < -0.4 is 0 Å². The van der Waals surface area contributed by atoms with Gasteiger partial charge in [-0.25, -0.2) is 0 Å². The van der Waals surface area contributed by atoms with E-state index < -0.39 is 80.4 Å². The summed E-state index contributed by atoms with van der Waals surface area (Å²) < 4.78 is 34.6. The minimum absolute atomic E-state index is 0.302. The van der Waals surface area contributed by atoms with Gasteiger partial charge in [0.05, 0.1) is 19.8 Å². The van der Waals surface area contributed by atoms with Crippen molar-refractivity contribution in [2.24, 2.45) is 5.92 Å². The van der Waals surface area contributed by atoms with Crippen molar-refractivity contribution in [2.75, 3.05) is 19.8 Å². The molecule has 3 aliphatic rings. The molecule has 0 spiro atoms. The molecule has 34 heavy (non-hydrogen) atoms. The Labute approximate surface area is 200 Å². The Morgan fingerprint density at radius 1 is 0.794 bits per heavy atom. The molecule has 0 aliphatic carbocycles. The van der Waals surface area contributed by atoms with E-state index in [1.54, 1.807) is 13.8 Å². The van der Waals surface area contributed by atoms with Gasteiger partial charge in [0.2, 0.25) is 0 Å². The summed E-state index contributed by atoms with van der Waals surface area (Å²) in [6.45, 7) is 6.99. The summed E-state index contributed by atoms with van der Waals surface area (Å²) >= 11 is 0. The van der Waals surface area contributed by atoms with Gasteiger partial charge in [0, 0.05) is 0 Å². The zero-order valence-corrected chi connectivity index (χ0v) is 20.5. The molecule has 0 unspecified atom stereocenters. The molecule has 10 atom stereocenters. The second kappa shape index (κ2) is 12.2. The first-order valence-corrected chi connectivity index (χ1v) is 12.3. The molecule has 3 rings (SSSR count). The lowest BCUT2D eigenvalue weighted by molar-refractivity contribution is -0.354. The molecule has 3 saturated heterocycles. The second-order valence-corrected chi connectivity index (χ2v) is 9.86. The normalized spacial score (nSPS) is 42.2. The van der Waals surface area contributed by atoms with Crippen LogP contribution in [0.1, 0.15) is 53.4 Å². The van der Waals surface area contributed by atoms with Gasteiger partial charge in [-0.1, -0.05) is 26.7 Å². The highest BCUT2D eigenvalue weighted by molar-refractivity contribution is 4.98. The van der Waals surface area contributed by atoms with Crippen LogP contribution in [0, 0.1) is 5.92 Å². The van der Waals surface area contributed by atoms with E-state index in [1.165, 1.54) is 0 Å². The maximum absolute atomic E-state index is 10.8. The molecule has 3 heterocycles. The molecule has 0 aromatic rings. The van der Waals surface area contributed by atoms with Crippen LogP contribution in [-0.4, -0.2) is 113 Å². The Balaban J connectivity index is 1.66. The number of ether oxygens (including phenoxy) is 6. The van der Waals surface area contributed by atoms with Crippen LogP contribution in [-0.2, 0) is 28.4 Å². The summed E-state index contributed by atoms with van der Waals surface area (Å²) in [6.07, 6.45) is -7.39. The van der Waals surface area contributed by atoms with Crippen molar-refractivity contribution in [1.29, 1.82) is 0 Å². The molecule has 3 aliphatic heterocycles. The first-order valence-electron chi connectivity index (χ1n) is 12.3. The molecule has 0 bridgehead atoms. The highest BCUT2D eigenvalue weighted by atomic mass is 16.8. The van der Waals surface area contributed by atoms with Gasteiger partial charge in [-0.2, -0.15) is 0 Å². The Kier molecular flexibility index (Phi) is 10.1. The van der Waals surface area contributed by atoms with E-state index in [1.807, 2.05) is 0 Å². The second-order valence-electron chi connectivity index (χ2n) is 9.86. The SMILES string of the molecule is CCCC(CCC)CO[C@@H]1O[C@H](CO)[C@@H](O[C@@H]2O[C@H](CO)[C@@H]3OC(C)(C)O[C@@H]3[C@H]2O)[C@H](O)[C@H]1O. The van der Waals surface area contributed by atoms with Crippen LogP contribution in [0.25, 0.3) is 0 Å². The number of hydrogen-bond acceptors (Lipinski definition) is 11. The van der Waals surface area contributed by atoms with Crippen LogP contribution in [0.4, 0.5) is 0 Å². The van der Waals surface area contributed by atoms with E-state index in [9.17, 15) is 25.5 Å². The maximum atomic E-state index is 10.8. The van der Waals surface area contributed by atoms with E-state index in [-0.39, 0.29) is 0 Å². The molecule has 0 amide bonds. The minimum atomic E-state index is -1.48. The molecule has 0 radical (unpaired) electrons. The first-order chi connectivity index (χ1) is 16.1. The molecular weight excluding hydrogens is 452 g/mol. The summed E-state index contributed by atoms with van der Waals surface area (Å²) in [5, 5.41) is 51.9. The molecule has 200 valence electrons. The van der Waals surface area contributed by atoms with Crippen molar-refractivity contribution >= 4 is 0 Å². The van der Waals surface area contributed by atoms with Crippen LogP contribution in [0.3, 0.4) is 0 Å². The summed E-state index contributed by atoms with van der Waals surface area (Å²) in [6, 6.07) is 0. The number of rotatable bonds is 11. The topological polar surface area (TPSA) is 157 Å². The van der Waals surface area contributed by atoms with Crippen molar-refractivity contribution in [1.82, 2.24) is 0 Å². The number of hydrogen-bond donors (Lipinski definition) is 5. The number of aliphatic hydroxyl groups is 5. The summed E-state index contributed by atoms with van der Waals surface area (Å²) in [4.78, 5) is 0. The van der Waals surface area contributed by atoms with Gasteiger partial charge in [0.15, 0.2) is 18.4 Å². The average Bonchev–Trinajstić information content (AvgIpc) is 3.13. The van der Waals surface area contributed by atoms with E-state index in [0.717, 1.165) is 25.7 Å². The van der Waals surface area contributed by atoms with E-state index in [2.05, 4.69) is 13.8 Å². The first kappa shape index (κ1) is 28.1. The Hall–Kier alpha value is -0.440. The van der Waals surface area contributed by atoms with Gasteiger partial charge in [-0.15, -0.1) is 0 Å². The van der Waals surface area contributed by atoms with Gasteiger partial charge >= 0.3 is 0 Å². The number of fused-ring (bicyclic) bond motifs is 1. The van der Waals surface area contributed by atoms with E-state index >= 15 is 0 Å². The van der Waals surface area contributed by atoms with Gasteiger partial charge in [-0.3, -0.25) is 0 Å². The van der Waals surface area contributed by atoms with Gasteiger partial charge in [0.25, 0.3) is 0 Å². The van der Waals surface area contributed by atoms with Gasteiger partial charge < -0.3 is 54.0 Å². The predicted octanol–water partition coefficient (Wildman–Crippen LogP) is -0.358. The van der Waals surface area contributed by atoms with E-state index in [4.69, 9.17) is 28.4 Å². The molecule has 0 aromatic heterocycles. The zero-order valence-electron chi connectivity index (χ0n) is 20.5. The van der Waals surface area contributed by atoms with Crippen molar-refractivity contribution in [3.05, 3.63) is 0 Å². The molecule has 5 N–H and O–H groups in total. The molecule has 3 fully saturated rings. The zero-order chi connectivity index (χ0) is 25.0. The monoisotopic (exact) mass is 494 g/mol. The lowest BCUT2D eigenvalue weighted by Gasteiger charge is -2.45. The van der Waals surface area contributed by atoms with E-state index in [0.29, 0.717) is 12.5 Å². The van der Waals surface area contributed by atoms with Crippen LogP contribution in [0.2, 0.25) is 0 Å². The minimum Gasteiger partial charge on any atom is -0.394 e. The summed E-state index contributed by atoms with van der Waals surface area (Å²) in [7, 11) is 0. The van der Waals surface area contributed by atoms with Crippen LogP contribution >= 0.6 is 0 Å². The maximum Gasteiger partial charge on any atom is 0.187 e. The molecular formula is C23H42O11. The largest absolute Gasteiger partial charge is 0.394 e. The summed E-state index contributed by atoms with van der Waals surface area (Å²) in [5.74, 6) is -0.687. The third-order valence-electron chi connectivity index (χ3n) is 6.64. The van der Waals surface area contributed by atoms with Crippen molar-refractivity contribution in [3.8, 4) is 0 Å².